The SMILES string of the molecule is CC(C)(C)C(c1cc(F)cc(F)c1)[C@H](OC(N)=O)c1nc(C#CC(C)(C)S(=O)(=O)C2CC2)c2c(c1-c1ccc(Cl)c3c(N)nn(CC(F)(F)F)c13)CCC2. The third-order valence-electron chi connectivity index (χ3n) is 9.91. The van der Waals surface area contributed by atoms with Gasteiger partial charge in [0.25, 0.3) is 0 Å². The lowest BCUT2D eigenvalue weighted by atomic mass is 9.71. The number of amides is 1. The van der Waals surface area contributed by atoms with Crippen LogP contribution in [0.3, 0.4) is 0 Å². The Morgan fingerprint density at radius 1 is 1.06 bits per heavy atom. The maximum Gasteiger partial charge on any atom is 0.408 e. The third kappa shape index (κ3) is 7.47. The number of fused-ring (bicyclic) bond motifs is 2. The number of nitrogens with two attached hydrogens (primary N) is 2. The first-order valence-corrected chi connectivity index (χ1v) is 19.2. The number of carbonyl (C=O) groups is 1. The number of primary amides is 1. The van der Waals surface area contributed by atoms with E-state index in [0.29, 0.717) is 54.0 Å². The zero-order chi connectivity index (χ0) is 39.7. The molecular weight excluding hydrogens is 753 g/mol. The Kier molecular flexibility index (Phi) is 9.97. The van der Waals surface area contributed by atoms with Crippen LogP contribution < -0.4 is 11.5 Å². The lowest BCUT2D eigenvalue weighted by Crippen LogP contribution is -2.33. The van der Waals surface area contributed by atoms with Crippen LogP contribution in [-0.4, -0.2) is 45.4 Å². The summed E-state index contributed by atoms with van der Waals surface area (Å²) in [5.41, 5.74) is 12.7. The molecule has 2 aliphatic rings. The molecule has 1 unspecified atom stereocenters. The summed E-state index contributed by atoms with van der Waals surface area (Å²) in [5.74, 6) is 2.76. The molecule has 0 bridgehead atoms. The van der Waals surface area contributed by atoms with E-state index >= 15 is 0 Å². The molecule has 4 N–H and O–H groups in total. The molecule has 6 rings (SSSR count). The predicted molar refractivity (Wildman–Crippen MR) is 195 cm³/mol. The van der Waals surface area contributed by atoms with E-state index in [1.54, 1.807) is 20.8 Å². The van der Waals surface area contributed by atoms with Crippen molar-refractivity contribution in [1.82, 2.24) is 14.8 Å². The molecule has 0 radical (unpaired) electrons. The zero-order valence-corrected chi connectivity index (χ0v) is 31.7. The minimum Gasteiger partial charge on any atom is -0.439 e. The Balaban J connectivity index is 1.75. The lowest BCUT2D eigenvalue weighted by molar-refractivity contribution is -0.141. The molecule has 2 aliphatic carbocycles. The second kappa shape index (κ2) is 13.7. The van der Waals surface area contributed by atoms with Crippen molar-refractivity contribution < 1.29 is 39.9 Å². The topological polar surface area (TPSA) is 143 Å². The molecule has 288 valence electrons. The summed E-state index contributed by atoms with van der Waals surface area (Å²) in [4.78, 5) is 17.8. The Morgan fingerprint density at radius 2 is 1.69 bits per heavy atom. The number of carbonyl (C=O) groups excluding carboxylic acids is 1. The van der Waals surface area contributed by atoms with Gasteiger partial charge in [-0.05, 0) is 92.2 Å². The summed E-state index contributed by atoms with van der Waals surface area (Å²) in [6.07, 6.45) is -5.09. The monoisotopic (exact) mass is 791 g/mol. The molecular formula is C38H39ClF5N5O4S. The van der Waals surface area contributed by atoms with E-state index in [1.807, 2.05) is 0 Å². The van der Waals surface area contributed by atoms with Gasteiger partial charge in [0.1, 0.15) is 28.6 Å². The molecule has 1 amide bonds. The zero-order valence-electron chi connectivity index (χ0n) is 30.2. The second-order valence-corrected chi connectivity index (χ2v) is 18.6. The number of anilines is 1. The van der Waals surface area contributed by atoms with E-state index in [4.69, 9.17) is 32.8 Å². The molecule has 1 saturated carbocycles. The van der Waals surface area contributed by atoms with Crippen LogP contribution in [0, 0.1) is 28.9 Å². The van der Waals surface area contributed by atoms with Gasteiger partial charge in [0.2, 0.25) is 0 Å². The number of rotatable bonds is 8. The van der Waals surface area contributed by atoms with Gasteiger partial charge in [-0.15, -0.1) is 0 Å². The van der Waals surface area contributed by atoms with Crippen molar-refractivity contribution in [3.63, 3.8) is 0 Å². The first kappa shape index (κ1) is 39.3. The van der Waals surface area contributed by atoms with Crippen LogP contribution in [0.5, 0.6) is 0 Å². The van der Waals surface area contributed by atoms with Gasteiger partial charge >= 0.3 is 12.3 Å². The number of benzene rings is 2. The van der Waals surface area contributed by atoms with Gasteiger partial charge in [-0.3, -0.25) is 4.68 Å². The van der Waals surface area contributed by atoms with Gasteiger partial charge in [-0.1, -0.05) is 44.4 Å². The van der Waals surface area contributed by atoms with Gasteiger partial charge in [-0.25, -0.2) is 27.0 Å². The highest BCUT2D eigenvalue weighted by Gasteiger charge is 2.46. The van der Waals surface area contributed by atoms with Crippen molar-refractivity contribution in [2.24, 2.45) is 11.1 Å². The Morgan fingerprint density at radius 3 is 2.26 bits per heavy atom. The number of alkyl halides is 3. The molecule has 54 heavy (non-hydrogen) atoms. The standard InChI is InChI=1S/C38H39ClF5N5O4S/c1-36(2,3)30(19-15-20(40)17-21(41)16-19)33(53-35(46)50)31-28(25-11-12-26(39)29-32(25)49(48-34(29)45)18-38(42,43)44)24-8-6-7-23(24)27(47-31)13-14-37(4,5)54(51,52)22-9-10-22/h11-12,15-17,22,30,33H,6-10,18H2,1-5H3,(H2,45,48)(H2,46,50)/t30?,33-/m0/s1. The number of sulfone groups is 1. The van der Waals surface area contributed by atoms with Crippen molar-refractivity contribution in [3.05, 3.63) is 75.1 Å². The van der Waals surface area contributed by atoms with Gasteiger partial charge in [0.05, 0.1) is 26.9 Å². The van der Waals surface area contributed by atoms with E-state index in [-0.39, 0.29) is 49.8 Å². The van der Waals surface area contributed by atoms with E-state index in [1.165, 1.54) is 26.0 Å². The van der Waals surface area contributed by atoms with Crippen LogP contribution in [0.15, 0.2) is 30.3 Å². The van der Waals surface area contributed by atoms with Gasteiger partial charge in [0, 0.05) is 23.1 Å². The van der Waals surface area contributed by atoms with E-state index in [0.717, 1.165) is 12.1 Å². The van der Waals surface area contributed by atoms with Crippen LogP contribution in [0.25, 0.3) is 22.0 Å². The fourth-order valence-corrected chi connectivity index (χ4v) is 9.48. The maximum atomic E-state index is 14.9. The van der Waals surface area contributed by atoms with Gasteiger partial charge in [0.15, 0.2) is 21.8 Å². The Bertz CT molecular complexity index is 2340. The summed E-state index contributed by atoms with van der Waals surface area (Å²) in [5, 5.41) is 3.56. The number of nitrogen functional groups attached to an aromatic ring is 1. The number of halogens is 6. The summed E-state index contributed by atoms with van der Waals surface area (Å²) in [6.45, 7) is 6.73. The van der Waals surface area contributed by atoms with Crippen LogP contribution in [0.1, 0.15) is 94.0 Å². The molecule has 16 heteroatoms. The molecule has 2 heterocycles. The van der Waals surface area contributed by atoms with Crippen molar-refractivity contribution in [2.75, 3.05) is 5.73 Å². The molecule has 0 spiro atoms. The number of ether oxygens (including phenoxy) is 1. The number of nitrogens with zero attached hydrogens (tertiary/aromatic N) is 3. The minimum absolute atomic E-state index is 0.0279. The summed E-state index contributed by atoms with van der Waals surface area (Å²) in [6, 6.07) is 5.81. The summed E-state index contributed by atoms with van der Waals surface area (Å²) >= 11 is 6.53. The highest BCUT2D eigenvalue weighted by atomic mass is 35.5. The molecule has 2 aromatic carbocycles. The smallest absolute Gasteiger partial charge is 0.408 e. The number of pyridine rings is 1. The Hall–Kier alpha value is -4.42. The van der Waals surface area contributed by atoms with E-state index in [2.05, 4.69) is 16.9 Å². The summed E-state index contributed by atoms with van der Waals surface area (Å²) in [7, 11) is -3.65. The molecule has 2 aromatic heterocycles. The highest BCUT2D eigenvalue weighted by molar-refractivity contribution is 7.93. The fraction of sp³-hybridized carbons (Fsp3) is 0.447. The molecule has 1 fully saturated rings. The van der Waals surface area contributed by atoms with Crippen LogP contribution in [0.4, 0.5) is 32.6 Å². The number of hydrogen-bond acceptors (Lipinski definition) is 7. The second-order valence-electron chi connectivity index (χ2n) is 15.4. The molecule has 2 atom stereocenters. The van der Waals surface area contributed by atoms with E-state index in [9.17, 15) is 35.2 Å². The number of hydrogen-bond donors (Lipinski definition) is 2. The maximum absolute atomic E-state index is 14.9. The van der Waals surface area contributed by atoms with Crippen molar-refractivity contribution in [1.29, 1.82) is 0 Å². The first-order valence-electron chi connectivity index (χ1n) is 17.3. The van der Waals surface area contributed by atoms with E-state index < -0.39 is 67.7 Å². The van der Waals surface area contributed by atoms with Gasteiger partial charge in [-0.2, -0.15) is 18.3 Å². The molecule has 4 aromatic rings. The average molecular weight is 792 g/mol. The molecule has 0 aliphatic heterocycles. The fourth-order valence-electron chi connectivity index (χ4n) is 7.45. The lowest BCUT2D eigenvalue weighted by Gasteiger charge is -2.37. The van der Waals surface area contributed by atoms with Crippen LogP contribution in [0.2, 0.25) is 5.02 Å². The normalized spacial score (nSPS) is 16.1. The Labute approximate surface area is 314 Å². The first-order chi connectivity index (χ1) is 25.0. The molecule has 0 saturated heterocycles. The van der Waals surface area contributed by atoms with Crippen molar-refractivity contribution >= 4 is 44.3 Å². The molecule has 9 nitrogen and oxygen atoms in total. The van der Waals surface area contributed by atoms with Crippen molar-refractivity contribution in [3.8, 4) is 23.0 Å². The van der Waals surface area contributed by atoms with Gasteiger partial charge < -0.3 is 16.2 Å². The summed E-state index contributed by atoms with van der Waals surface area (Å²) < 4.78 is 104. The predicted octanol–water partition coefficient (Wildman–Crippen LogP) is 8.34. The van der Waals surface area contributed by atoms with Crippen LogP contribution >= 0.6 is 11.6 Å². The number of aromatic nitrogens is 3. The minimum atomic E-state index is -4.72. The third-order valence-corrected chi connectivity index (χ3v) is 13.1. The van der Waals surface area contributed by atoms with Crippen molar-refractivity contribution in [2.45, 2.75) is 101 Å². The quantitative estimate of drug-likeness (QED) is 0.135. The average Bonchev–Trinajstić information content (AvgIpc) is 3.69. The van der Waals surface area contributed by atoms with Crippen LogP contribution in [-0.2, 0) is 34.0 Å². The highest BCUT2D eigenvalue weighted by Crippen LogP contribution is 2.51. The largest absolute Gasteiger partial charge is 0.439 e.